The maximum absolute atomic E-state index is 17.1. The van der Waals surface area contributed by atoms with Crippen molar-refractivity contribution < 1.29 is 35.1 Å². The number of benzene rings is 20. The van der Waals surface area contributed by atoms with Gasteiger partial charge in [-0.3, -0.25) is 0 Å². The molecule has 20 aromatic carbocycles. The van der Waals surface area contributed by atoms with Gasteiger partial charge in [0.2, 0.25) is 0 Å². The smallest absolute Gasteiger partial charge is 0.187 e. The topological polar surface area (TPSA) is 41.1 Å². The highest BCUT2D eigenvalue weighted by Gasteiger charge is 2.34. The van der Waals surface area contributed by atoms with Crippen LogP contribution in [-0.2, 0) is 10.8 Å². The number of hydrogen-bond acceptors (Lipinski definition) is 5. The lowest BCUT2D eigenvalue weighted by molar-refractivity contribution is 0.580. The van der Waals surface area contributed by atoms with Crippen molar-refractivity contribution in [3.8, 4) is 50.6 Å². The van der Waals surface area contributed by atoms with E-state index in [-0.39, 0.29) is 44.7 Å². The maximum atomic E-state index is 17.1. The first-order valence-corrected chi connectivity index (χ1v) is 62.6. The van der Waals surface area contributed by atoms with Crippen molar-refractivity contribution in [1.82, 2.24) is 0 Å². The molecule has 6 nitrogen and oxygen atoms in total. The van der Waals surface area contributed by atoms with Crippen molar-refractivity contribution in [3.63, 3.8) is 0 Å². The minimum atomic E-state index is -1.74. The van der Waals surface area contributed by atoms with Gasteiger partial charge in [-0.2, -0.15) is 5.26 Å². The van der Waals surface area contributed by atoms with Gasteiger partial charge in [0.05, 0.1) is 96.0 Å². The molecule has 0 radical (unpaired) electrons. The van der Waals surface area contributed by atoms with Crippen LogP contribution in [0.4, 0.5) is 109 Å². The predicted molar refractivity (Wildman–Crippen MR) is 601 cm³/mol. The van der Waals surface area contributed by atoms with Crippen LogP contribution in [0.5, 0.6) is 0 Å². The molecule has 0 amide bonds. The third-order valence-corrected chi connectivity index (χ3v) is 36.2. The number of nitrogens with zero attached hydrogens (tertiary/aromatic N) is 6. The molecule has 0 saturated heterocycles. The molecule has 0 aromatic heterocycles. The maximum Gasteiger partial charge on any atom is 0.187 e. The Morgan fingerprint density at radius 3 is 0.729 bits per heavy atom. The zero-order valence-corrected chi connectivity index (χ0v) is 88.0. The van der Waals surface area contributed by atoms with Crippen molar-refractivity contribution in [2.75, 3.05) is 19.6 Å². The highest BCUT2D eigenvalue weighted by Crippen LogP contribution is 2.54. The van der Waals surface area contributed by atoms with Gasteiger partial charge in [-0.15, -0.1) is 0 Å². The first-order valence-electron chi connectivity index (χ1n) is 48.6. The Bertz CT molecular complexity index is 8000. The van der Waals surface area contributed by atoms with Crippen LogP contribution in [0.25, 0.3) is 114 Å². The van der Waals surface area contributed by atoms with Crippen molar-refractivity contribution in [1.29, 1.82) is 5.26 Å². The number of halogens is 8. The Balaban J connectivity index is 0.000000183. The van der Waals surface area contributed by atoms with Crippen molar-refractivity contribution in [2.45, 2.75) is 131 Å². The fourth-order valence-corrected chi connectivity index (χ4v) is 24.9. The zero-order valence-electron chi connectivity index (χ0n) is 84.0. The van der Waals surface area contributed by atoms with Crippen molar-refractivity contribution in [3.05, 3.63) is 414 Å². The van der Waals surface area contributed by atoms with Crippen molar-refractivity contribution in [2.24, 2.45) is 0 Å². The van der Waals surface area contributed by atoms with Crippen LogP contribution in [0.1, 0.15) is 58.2 Å². The molecule has 0 fully saturated rings. The molecular weight excluding hydrogens is 1860 g/mol. The third-order valence-electron chi connectivity index (χ3n) is 28.0. The van der Waals surface area contributed by atoms with Gasteiger partial charge in [-0.1, -0.05) is 347 Å². The minimum Gasteiger partial charge on any atom is -0.307 e. The van der Waals surface area contributed by atoms with E-state index in [1.165, 1.54) is 32.9 Å². The summed E-state index contributed by atoms with van der Waals surface area (Å²) in [6.45, 7) is 47.4. The van der Waals surface area contributed by atoms with Crippen LogP contribution in [0.2, 0.25) is 78.6 Å². The van der Waals surface area contributed by atoms with E-state index in [2.05, 4.69) is 216 Å². The molecule has 0 aliphatic rings. The van der Waals surface area contributed by atoms with E-state index in [9.17, 15) is 5.26 Å². The molecule has 0 bridgehead atoms. The van der Waals surface area contributed by atoms with Gasteiger partial charge in [0.25, 0.3) is 0 Å². The number of anilines is 12. The second-order valence-electron chi connectivity index (χ2n) is 43.8. The standard InChI is InChI=1S/C66H64F4N2Si2.C60H46F4N4Si2/c1-65(2,3)53-19-15-13-17-47(53)51-37-61(57(69)39-55(51)67)71(43-25-29-45(30-26-43)73(7,8)9)59-35-23-41-22-34-50-60(36-24-42-21-33-49(59)63(41)64(42)50)72(44-27-31-46(32-28-44)74(10,11)12)62-38-52(56(68)40-58(62)70)48-18-14-16-20-54(48)66(4,5)6;1-66-42-18-12-39(13-19-42)50-33-58(54(64)35-52(50)62)68(44-22-26-46(27-23-44)70(5,6)7)56-31-17-41-14-28-47-55(30-16-40-15-29-48(56)60(41)59(40)47)67(43-20-24-45(25-21-43)69(2,3)4)57-32-49(51(61)34-53(57)63)38-10-8-37(36-65)9-11-38/h13-40H,1-12H3;8-35H,2-7H3. The summed E-state index contributed by atoms with van der Waals surface area (Å²) in [6, 6.07) is 107. The Kier molecular flexibility index (Phi) is 25.4. The molecular formula is C126H110F8N6Si4. The molecule has 0 atom stereocenters. The first kappa shape index (κ1) is 97.8. The summed E-state index contributed by atoms with van der Waals surface area (Å²) in [7, 11) is -6.95. The lowest BCUT2D eigenvalue weighted by Gasteiger charge is -2.31. The summed E-state index contributed by atoms with van der Waals surface area (Å²) in [6.07, 6.45) is 0. The SMILES string of the molecule is CC(C)(C)c1ccccc1-c1cc(N(c2ccc([Si](C)(C)C)cc2)c2ccc3ccc4c(N(c5ccc([Si](C)(C)C)cc5)c5cc(-c6ccccc6C(C)(C)C)c(F)cc5F)ccc5ccc2c3c54)c(F)cc1F.[C-]#[N+]c1ccc(-c2cc(N(c3ccc([Si](C)(C)C)cc3)c3ccc4ccc5c(N(c6ccc([Si](C)(C)C)cc6)c6cc(-c7ccc(C#N)cc7)c(F)cc6F)ccc6ccc3c4c65)c(F)cc2F)cc1. The molecule has 716 valence electrons. The largest absolute Gasteiger partial charge is 0.307 e. The number of rotatable bonds is 20. The van der Waals surface area contributed by atoms with E-state index >= 15 is 35.1 Å². The fraction of sp³-hybridized carbons (Fsp3) is 0.159. The van der Waals surface area contributed by atoms with Crippen LogP contribution >= 0.6 is 0 Å². The monoisotopic (exact) mass is 1970 g/mol. The van der Waals surface area contributed by atoms with Gasteiger partial charge in [0.15, 0.2) is 5.69 Å². The first-order chi connectivity index (χ1) is 68.4. The van der Waals surface area contributed by atoms with E-state index in [4.69, 9.17) is 6.57 Å². The number of nitriles is 1. The molecule has 0 unspecified atom stereocenters. The third kappa shape index (κ3) is 18.4. The summed E-state index contributed by atoms with van der Waals surface area (Å²) in [5, 5.41) is 25.2. The second kappa shape index (κ2) is 37.4. The van der Waals surface area contributed by atoms with Crippen LogP contribution in [0.15, 0.2) is 340 Å². The van der Waals surface area contributed by atoms with E-state index in [1.807, 2.05) is 177 Å². The predicted octanol–water partition coefficient (Wildman–Crippen LogP) is 36.0. The summed E-state index contributed by atoms with van der Waals surface area (Å²) >= 11 is 0. The fourth-order valence-electron chi connectivity index (χ4n) is 20.3. The van der Waals surface area contributed by atoms with Crippen LogP contribution in [-0.4, -0.2) is 32.3 Å². The number of hydrogen-bond donors (Lipinski definition) is 0. The molecule has 18 heteroatoms. The summed E-state index contributed by atoms with van der Waals surface area (Å²) in [5.41, 5.74) is 11.8. The molecule has 0 aliphatic carbocycles. The van der Waals surface area contributed by atoms with Crippen LogP contribution in [0.3, 0.4) is 0 Å². The van der Waals surface area contributed by atoms with Gasteiger partial charge >= 0.3 is 0 Å². The van der Waals surface area contributed by atoms with Gasteiger partial charge in [0.1, 0.15) is 46.5 Å². The van der Waals surface area contributed by atoms with Crippen molar-refractivity contribution >= 4 is 192 Å². The molecule has 0 saturated carbocycles. The zero-order chi connectivity index (χ0) is 102. The highest BCUT2D eigenvalue weighted by atomic mass is 28.3. The highest BCUT2D eigenvalue weighted by molar-refractivity contribution is 6.90. The summed E-state index contributed by atoms with van der Waals surface area (Å²) in [5.74, 6) is -5.62. The summed E-state index contributed by atoms with van der Waals surface area (Å²) in [4.78, 5) is 11.0. The Hall–Kier alpha value is -15.0. The summed E-state index contributed by atoms with van der Waals surface area (Å²) < 4.78 is 132. The van der Waals surface area contributed by atoms with Gasteiger partial charge < -0.3 is 19.6 Å². The van der Waals surface area contributed by atoms with Gasteiger partial charge in [-0.05, 0) is 196 Å². The van der Waals surface area contributed by atoms with E-state index in [0.29, 0.717) is 78.8 Å². The average molecular weight is 1970 g/mol. The Labute approximate surface area is 841 Å². The molecule has 144 heavy (non-hydrogen) atoms. The Morgan fingerprint density at radius 1 is 0.250 bits per heavy atom. The molecule has 0 N–H and O–H groups in total. The average Bonchev–Trinajstić information content (AvgIpc) is 0.717. The van der Waals surface area contributed by atoms with E-state index in [0.717, 1.165) is 111 Å². The Morgan fingerprint density at radius 2 is 0.486 bits per heavy atom. The molecule has 0 heterocycles. The molecule has 20 aromatic rings. The molecule has 0 spiro atoms. The van der Waals surface area contributed by atoms with E-state index in [1.54, 1.807) is 60.7 Å². The molecule has 20 rings (SSSR count). The minimum absolute atomic E-state index is 0.136. The lowest BCUT2D eigenvalue weighted by Crippen LogP contribution is -2.37. The van der Waals surface area contributed by atoms with Gasteiger partial charge in [0, 0.05) is 90.8 Å². The van der Waals surface area contributed by atoms with Crippen LogP contribution < -0.4 is 40.3 Å². The van der Waals surface area contributed by atoms with Gasteiger partial charge in [-0.25, -0.2) is 40.0 Å². The normalized spacial score (nSPS) is 12.2. The second-order valence-corrected chi connectivity index (χ2v) is 64.1. The molecule has 0 aliphatic heterocycles. The van der Waals surface area contributed by atoms with Crippen LogP contribution in [0, 0.1) is 64.4 Å². The quantitative estimate of drug-likeness (QED) is 0.0329. The van der Waals surface area contributed by atoms with E-state index < -0.39 is 78.8 Å². The lowest BCUT2D eigenvalue weighted by atomic mass is 9.81.